The largest absolute Gasteiger partial charge is 0.144 e. The summed E-state index contributed by atoms with van der Waals surface area (Å²) in [6.07, 6.45) is 4.00. The van der Waals surface area contributed by atoms with E-state index >= 15 is 0 Å². The predicted octanol–water partition coefficient (Wildman–Crippen LogP) is 2.79. The Morgan fingerprint density at radius 2 is 1.88 bits per heavy atom. The van der Waals surface area contributed by atoms with Gasteiger partial charge in [0.1, 0.15) is 0 Å². The van der Waals surface area contributed by atoms with Crippen LogP contribution in [-0.2, 0) is 0 Å². The monoisotopic (exact) mass is 128 g/mol. The van der Waals surface area contributed by atoms with Crippen LogP contribution < -0.4 is 0 Å². The molecule has 0 radical (unpaired) electrons. The van der Waals surface area contributed by atoms with E-state index in [1.54, 1.807) is 0 Å². The molecule has 0 fully saturated rings. The van der Waals surface area contributed by atoms with E-state index in [0.29, 0.717) is 0 Å². The summed E-state index contributed by atoms with van der Waals surface area (Å²) in [6.45, 7) is 6.08. The van der Waals surface area contributed by atoms with Gasteiger partial charge in [0.05, 0.1) is 0 Å². The zero-order chi connectivity index (χ0) is 6.57. The van der Waals surface area contributed by atoms with Gasteiger partial charge in [0.2, 0.25) is 0 Å². The Kier molecular flexibility index (Phi) is 3.71. The van der Waals surface area contributed by atoms with Crippen molar-refractivity contribution in [2.24, 2.45) is 0 Å². The Labute approximate surface area is 56.7 Å². The van der Waals surface area contributed by atoms with Gasteiger partial charge in [-0.1, -0.05) is 17.7 Å². The quantitative estimate of drug-likeness (QED) is 0.407. The van der Waals surface area contributed by atoms with Gasteiger partial charge in [0, 0.05) is 0 Å². The Bertz CT molecular complexity index is 116. The first-order chi connectivity index (χ1) is 3.66. The van der Waals surface area contributed by atoms with Crippen LogP contribution in [0, 0.1) is 0 Å². The van der Waals surface area contributed by atoms with Crippen LogP contribution in [-0.4, -0.2) is 0 Å². The van der Waals surface area contributed by atoms with Gasteiger partial charge in [-0.15, -0.1) is 12.6 Å². The lowest BCUT2D eigenvalue weighted by Crippen LogP contribution is -1.64. The van der Waals surface area contributed by atoms with Crippen LogP contribution in [0.3, 0.4) is 0 Å². The zero-order valence-electron chi connectivity index (χ0n) is 5.60. The number of thiol groups is 1. The summed E-state index contributed by atoms with van der Waals surface area (Å²) >= 11 is 4.15. The second-order valence-electron chi connectivity index (χ2n) is 1.94. The van der Waals surface area contributed by atoms with Gasteiger partial charge in [-0.25, -0.2) is 0 Å². The van der Waals surface area contributed by atoms with Gasteiger partial charge < -0.3 is 0 Å². The summed E-state index contributed by atoms with van der Waals surface area (Å²) in [6, 6.07) is 0. The SMILES string of the molecule is C/C=C(/S)C=C(C)C. The van der Waals surface area contributed by atoms with Crippen LogP contribution in [0.5, 0.6) is 0 Å². The Hall–Kier alpha value is -0.170. The van der Waals surface area contributed by atoms with Gasteiger partial charge >= 0.3 is 0 Å². The molecule has 0 aromatic rings. The molecule has 0 saturated carbocycles. The fourth-order valence-electron chi connectivity index (χ4n) is 0.379. The second kappa shape index (κ2) is 3.79. The summed E-state index contributed by atoms with van der Waals surface area (Å²) < 4.78 is 0. The van der Waals surface area contributed by atoms with Crippen molar-refractivity contribution in [3.8, 4) is 0 Å². The van der Waals surface area contributed by atoms with Crippen molar-refractivity contribution in [1.29, 1.82) is 0 Å². The highest BCUT2D eigenvalue weighted by atomic mass is 32.1. The molecule has 0 aliphatic carbocycles. The lowest BCUT2D eigenvalue weighted by Gasteiger charge is -1.87. The van der Waals surface area contributed by atoms with E-state index in [-0.39, 0.29) is 0 Å². The predicted molar refractivity (Wildman–Crippen MR) is 42.2 cm³/mol. The molecule has 0 aliphatic rings. The highest BCUT2D eigenvalue weighted by Gasteiger charge is 1.78. The molecule has 0 aromatic carbocycles. The Balaban J connectivity index is 3.89. The Morgan fingerprint density at radius 1 is 1.38 bits per heavy atom. The minimum absolute atomic E-state index is 1.03. The van der Waals surface area contributed by atoms with E-state index in [2.05, 4.69) is 26.5 Å². The van der Waals surface area contributed by atoms with E-state index in [4.69, 9.17) is 0 Å². The molecule has 0 aliphatic heterocycles. The van der Waals surface area contributed by atoms with Gasteiger partial charge in [0.15, 0.2) is 0 Å². The second-order valence-corrected chi connectivity index (χ2v) is 2.45. The molecule has 0 unspecified atom stereocenters. The van der Waals surface area contributed by atoms with E-state index in [9.17, 15) is 0 Å². The van der Waals surface area contributed by atoms with Crippen LogP contribution >= 0.6 is 12.6 Å². The molecular weight excluding hydrogens is 116 g/mol. The van der Waals surface area contributed by atoms with Crippen LogP contribution in [0.15, 0.2) is 22.6 Å². The van der Waals surface area contributed by atoms with E-state index in [0.717, 1.165) is 4.91 Å². The lowest BCUT2D eigenvalue weighted by atomic mass is 10.3. The molecule has 0 heterocycles. The zero-order valence-corrected chi connectivity index (χ0v) is 6.50. The molecule has 8 heavy (non-hydrogen) atoms. The molecular formula is C7H12S. The summed E-state index contributed by atoms with van der Waals surface area (Å²) in [5, 5.41) is 0. The first kappa shape index (κ1) is 7.83. The van der Waals surface area contributed by atoms with Crippen LogP contribution in [0.2, 0.25) is 0 Å². The third-order valence-corrected chi connectivity index (χ3v) is 1.12. The van der Waals surface area contributed by atoms with Crippen molar-refractivity contribution in [3.05, 3.63) is 22.6 Å². The molecule has 0 nitrogen and oxygen atoms in total. The van der Waals surface area contributed by atoms with Gasteiger partial charge in [-0.3, -0.25) is 0 Å². The highest BCUT2D eigenvalue weighted by Crippen LogP contribution is 2.04. The van der Waals surface area contributed by atoms with Crippen molar-refractivity contribution in [2.45, 2.75) is 20.8 Å². The van der Waals surface area contributed by atoms with Crippen molar-refractivity contribution >= 4 is 12.6 Å². The first-order valence-corrected chi connectivity index (χ1v) is 3.11. The number of hydrogen-bond donors (Lipinski definition) is 1. The van der Waals surface area contributed by atoms with E-state index < -0.39 is 0 Å². The third-order valence-electron chi connectivity index (χ3n) is 0.732. The van der Waals surface area contributed by atoms with Gasteiger partial charge in [-0.05, 0) is 25.7 Å². The molecule has 0 bridgehead atoms. The summed E-state index contributed by atoms with van der Waals surface area (Å²) in [5.74, 6) is 0. The van der Waals surface area contributed by atoms with Crippen molar-refractivity contribution in [2.75, 3.05) is 0 Å². The van der Waals surface area contributed by atoms with Gasteiger partial charge in [0.25, 0.3) is 0 Å². The molecule has 0 saturated heterocycles. The smallest absolute Gasteiger partial charge is 0.000344 e. The standard InChI is InChI=1S/C7H12S/c1-4-7(8)5-6(2)3/h4-5,8H,1-3H3/b7-4+. The summed E-state index contributed by atoms with van der Waals surface area (Å²) in [7, 11) is 0. The normalized spacial score (nSPS) is 11.2. The van der Waals surface area contributed by atoms with Crippen LogP contribution in [0.4, 0.5) is 0 Å². The summed E-state index contributed by atoms with van der Waals surface area (Å²) in [4.78, 5) is 1.03. The Morgan fingerprint density at radius 3 is 2.00 bits per heavy atom. The first-order valence-electron chi connectivity index (χ1n) is 2.67. The van der Waals surface area contributed by atoms with Crippen LogP contribution in [0.1, 0.15) is 20.8 Å². The van der Waals surface area contributed by atoms with Crippen molar-refractivity contribution in [1.82, 2.24) is 0 Å². The molecule has 0 aromatic heterocycles. The average molecular weight is 128 g/mol. The molecule has 0 N–H and O–H groups in total. The fourth-order valence-corrected chi connectivity index (χ4v) is 0.637. The number of hydrogen-bond acceptors (Lipinski definition) is 1. The topological polar surface area (TPSA) is 0 Å². The van der Waals surface area contributed by atoms with E-state index in [1.165, 1.54) is 5.57 Å². The number of allylic oxidation sites excluding steroid dienone is 3. The fraction of sp³-hybridized carbons (Fsp3) is 0.429. The summed E-state index contributed by atoms with van der Waals surface area (Å²) in [5.41, 5.74) is 1.29. The minimum Gasteiger partial charge on any atom is -0.144 e. The van der Waals surface area contributed by atoms with Crippen LogP contribution in [0.25, 0.3) is 0 Å². The van der Waals surface area contributed by atoms with Crippen molar-refractivity contribution in [3.63, 3.8) is 0 Å². The lowest BCUT2D eigenvalue weighted by molar-refractivity contribution is 1.39. The molecule has 46 valence electrons. The van der Waals surface area contributed by atoms with Gasteiger partial charge in [-0.2, -0.15) is 0 Å². The molecule has 0 rings (SSSR count). The minimum atomic E-state index is 1.03. The highest BCUT2D eigenvalue weighted by molar-refractivity contribution is 7.84. The molecule has 1 heteroatoms. The maximum absolute atomic E-state index is 4.15. The maximum atomic E-state index is 4.15. The average Bonchev–Trinajstić information content (AvgIpc) is 1.65. The third kappa shape index (κ3) is 4.00. The van der Waals surface area contributed by atoms with Crippen molar-refractivity contribution < 1.29 is 0 Å². The maximum Gasteiger partial charge on any atom is -0.000344 e. The number of rotatable bonds is 1. The molecule has 0 spiro atoms. The molecule has 0 amide bonds. The molecule has 0 atom stereocenters. The van der Waals surface area contributed by atoms with E-state index in [1.807, 2.05) is 19.1 Å².